The van der Waals surface area contributed by atoms with Gasteiger partial charge in [-0.25, -0.2) is 12.8 Å². The molecule has 0 saturated carbocycles. The summed E-state index contributed by atoms with van der Waals surface area (Å²) in [6.07, 6.45) is 1.11. The molecule has 1 aliphatic heterocycles. The highest BCUT2D eigenvalue weighted by Gasteiger charge is 2.50. The number of nitrogens with zero attached hydrogens (tertiary/aromatic N) is 2. The van der Waals surface area contributed by atoms with Gasteiger partial charge in [-0.05, 0) is 60.5 Å². The van der Waals surface area contributed by atoms with Crippen molar-refractivity contribution in [2.75, 3.05) is 11.5 Å². The lowest BCUT2D eigenvalue weighted by Gasteiger charge is -2.23. The molecule has 8 nitrogen and oxygen atoms in total. The lowest BCUT2D eigenvalue weighted by molar-refractivity contribution is -0.384. The normalized spacial score (nSPS) is 18.3. The lowest BCUT2D eigenvalue weighted by Crippen LogP contribution is -2.29. The van der Waals surface area contributed by atoms with Gasteiger partial charge in [-0.1, -0.05) is 24.3 Å². The smallest absolute Gasteiger partial charge is 0.271 e. The monoisotopic (exact) mass is 482 g/mol. The van der Waals surface area contributed by atoms with Crippen LogP contribution >= 0.6 is 0 Å². The minimum atomic E-state index is -4.34. The van der Waals surface area contributed by atoms with Crippen LogP contribution in [0.15, 0.2) is 77.7 Å². The van der Waals surface area contributed by atoms with Crippen molar-refractivity contribution in [1.29, 1.82) is 0 Å². The predicted octanol–water partition coefficient (Wildman–Crippen LogP) is 4.63. The molecule has 0 aromatic heterocycles. The van der Waals surface area contributed by atoms with Gasteiger partial charge in [-0.2, -0.15) is 0 Å². The fraction of sp³-hybridized carbons (Fsp3) is 0.125. The second kappa shape index (κ2) is 9.06. The first kappa shape index (κ1) is 23.1. The number of nitro benzene ring substituents is 1. The van der Waals surface area contributed by atoms with Gasteiger partial charge in [0.1, 0.15) is 16.5 Å². The molecular formula is C24H19FN2O6S. The van der Waals surface area contributed by atoms with Crippen LogP contribution in [-0.2, 0) is 14.6 Å². The summed E-state index contributed by atoms with van der Waals surface area (Å²) in [6.45, 7) is 2.24. The van der Waals surface area contributed by atoms with Gasteiger partial charge < -0.3 is 4.74 Å². The number of rotatable bonds is 6. The van der Waals surface area contributed by atoms with Gasteiger partial charge >= 0.3 is 0 Å². The molecule has 1 amide bonds. The van der Waals surface area contributed by atoms with Gasteiger partial charge in [-0.3, -0.25) is 19.8 Å². The third-order valence-electron chi connectivity index (χ3n) is 5.20. The standard InChI is InChI=1S/C24H19FN2O6S/c1-2-33-21-11-9-19(10-12-21)26-23(28)22(14-16-5-3-7-18(25)13-16)34(31,32)24(26)17-6-4-8-20(15-17)27(29)30/h3-15,24H,2H2,1H3/b22-14+/t24-/m1/s1. The van der Waals surface area contributed by atoms with Gasteiger partial charge in [0.15, 0.2) is 5.37 Å². The second-order valence-corrected chi connectivity index (χ2v) is 9.39. The Morgan fingerprint density at radius 3 is 2.44 bits per heavy atom. The molecule has 1 saturated heterocycles. The molecule has 3 aromatic carbocycles. The van der Waals surface area contributed by atoms with E-state index < -0.39 is 36.8 Å². The maximum atomic E-state index is 13.7. The summed E-state index contributed by atoms with van der Waals surface area (Å²) in [6, 6.07) is 16.6. The predicted molar refractivity (Wildman–Crippen MR) is 124 cm³/mol. The second-order valence-electron chi connectivity index (χ2n) is 7.42. The van der Waals surface area contributed by atoms with Gasteiger partial charge in [0.05, 0.1) is 11.5 Å². The molecule has 1 heterocycles. The maximum absolute atomic E-state index is 13.7. The van der Waals surface area contributed by atoms with Crippen LogP contribution in [-0.4, -0.2) is 25.9 Å². The van der Waals surface area contributed by atoms with Crippen molar-refractivity contribution >= 4 is 33.2 Å². The summed E-state index contributed by atoms with van der Waals surface area (Å²) in [5, 5.41) is 9.75. The fourth-order valence-electron chi connectivity index (χ4n) is 3.74. The molecule has 3 aromatic rings. The minimum Gasteiger partial charge on any atom is -0.494 e. The van der Waals surface area contributed by atoms with Crippen LogP contribution in [0, 0.1) is 15.9 Å². The van der Waals surface area contributed by atoms with Gasteiger partial charge in [0.2, 0.25) is 9.84 Å². The van der Waals surface area contributed by atoms with E-state index >= 15 is 0 Å². The fourth-order valence-corrected chi connectivity index (χ4v) is 5.62. The van der Waals surface area contributed by atoms with Crippen LogP contribution in [0.3, 0.4) is 0 Å². The molecule has 0 spiro atoms. The van der Waals surface area contributed by atoms with E-state index in [2.05, 4.69) is 0 Å². The van der Waals surface area contributed by atoms with E-state index in [4.69, 9.17) is 4.74 Å². The molecule has 10 heteroatoms. The summed E-state index contributed by atoms with van der Waals surface area (Å²) in [7, 11) is -4.34. The number of amides is 1. The van der Waals surface area contributed by atoms with Gasteiger partial charge in [-0.15, -0.1) is 0 Å². The number of anilines is 1. The van der Waals surface area contributed by atoms with E-state index in [0.29, 0.717) is 12.4 Å². The summed E-state index contributed by atoms with van der Waals surface area (Å²) in [4.78, 5) is 24.6. The molecule has 0 radical (unpaired) electrons. The Hall–Kier alpha value is -4.05. The molecule has 0 bridgehead atoms. The van der Waals surface area contributed by atoms with Crippen LogP contribution in [0.2, 0.25) is 0 Å². The van der Waals surface area contributed by atoms with Crippen molar-refractivity contribution < 1.29 is 27.3 Å². The zero-order valence-electron chi connectivity index (χ0n) is 17.9. The molecule has 1 atom stereocenters. The van der Waals surface area contributed by atoms with E-state index in [1.54, 1.807) is 12.1 Å². The topological polar surface area (TPSA) is 107 Å². The summed E-state index contributed by atoms with van der Waals surface area (Å²) < 4.78 is 46.3. The Morgan fingerprint density at radius 2 is 1.79 bits per heavy atom. The van der Waals surface area contributed by atoms with Crippen LogP contribution in [0.5, 0.6) is 5.75 Å². The first-order valence-electron chi connectivity index (χ1n) is 10.2. The minimum absolute atomic E-state index is 0.0547. The third-order valence-corrected chi connectivity index (χ3v) is 7.18. The highest BCUT2D eigenvalue weighted by Crippen LogP contribution is 2.44. The number of nitro groups is 1. The van der Waals surface area contributed by atoms with E-state index in [9.17, 15) is 27.7 Å². The van der Waals surface area contributed by atoms with Crippen LogP contribution in [0.1, 0.15) is 23.4 Å². The van der Waals surface area contributed by atoms with E-state index in [1.807, 2.05) is 6.92 Å². The summed E-state index contributed by atoms with van der Waals surface area (Å²) in [5.41, 5.74) is 0.197. The third kappa shape index (κ3) is 4.27. The maximum Gasteiger partial charge on any atom is 0.271 e. The first-order chi connectivity index (χ1) is 16.2. The molecule has 0 aliphatic carbocycles. The largest absolute Gasteiger partial charge is 0.494 e. The lowest BCUT2D eigenvalue weighted by atomic mass is 10.1. The van der Waals surface area contributed by atoms with Crippen molar-refractivity contribution in [2.45, 2.75) is 12.3 Å². The first-order valence-corrected chi connectivity index (χ1v) is 11.8. The highest BCUT2D eigenvalue weighted by atomic mass is 32.2. The number of non-ortho nitro benzene ring substituents is 1. The number of hydrogen-bond donors (Lipinski definition) is 0. The van der Waals surface area contributed by atoms with Crippen LogP contribution < -0.4 is 9.64 Å². The number of ether oxygens (including phenoxy) is 1. The zero-order valence-corrected chi connectivity index (χ0v) is 18.7. The van der Waals surface area contributed by atoms with Crippen molar-refractivity contribution in [3.05, 3.63) is 105 Å². The quantitative estimate of drug-likeness (QED) is 0.288. The zero-order chi connectivity index (χ0) is 24.5. The highest BCUT2D eigenvalue weighted by molar-refractivity contribution is 7.97. The van der Waals surface area contributed by atoms with E-state index in [1.165, 1.54) is 48.5 Å². The van der Waals surface area contributed by atoms with Crippen molar-refractivity contribution in [1.82, 2.24) is 0 Å². The summed E-state index contributed by atoms with van der Waals surface area (Å²) in [5.74, 6) is -0.885. The van der Waals surface area contributed by atoms with Crippen LogP contribution in [0.25, 0.3) is 6.08 Å². The van der Waals surface area contributed by atoms with E-state index in [-0.39, 0.29) is 22.5 Å². The molecule has 0 unspecified atom stereocenters. The average Bonchev–Trinajstić information content (AvgIpc) is 3.00. The number of sulfone groups is 1. The molecule has 34 heavy (non-hydrogen) atoms. The Bertz CT molecular complexity index is 1400. The Morgan fingerprint density at radius 1 is 1.09 bits per heavy atom. The molecule has 4 rings (SSSR count). The Labute approximate surface area is 195 Å². The van der Waals surface area contributed by atoms with Crippen LogP contribution in [0.4, 0.5) is 15.8 Å². The van der Waals surface area contributed by atoms with E-state index in [0.717, 1.165) is 23.1 Å². The Kier molecular flexibility index (Phi) is 6.16. The van der Waals surface area contributed by atoms with Crippen molar-refractivity contribution in [3.8, 4) is 5.75 Å². The van der Waals surface area contributed by atoms with Gasteiger partial charge in [0, 0.05) is 17.8 Å². The molecule has 0 N–H and O–H groups in total. The number of halogens is 1. The average molecular weight is 482 g/mol. The summed E-state index contributed by atoms with van der Waals surface area (Å²) >= 11 is 0. The van der Waals surface area contributed by atoms with Crippen molar-refractivity contribution in [2.24, 2.45) is 0 Å². The molecular weight excluding hydrogens is 463 g/mol. The van der Waals surface area contributed by atoms with Crippen molar-refractivity contribution in [3.63, 3.8) is 0 Å². The number of benzene rings is 3. The van der Waals surface area contributed by atoms with Gasteiger partial charge in [0.25, 0.3) is 11.6 Å². The molecule has 1 fully saturated rings. The number of carbonyl (C=O) groups excluding carboxylic acids is 1. The number of hydrogen-bond acceptors (Lipinski definition) is 6. The Balaban J connectivity index is 1.90. The molecule has 174 valence electrons. The number of carbonyl (C=O) groups is 1. The molecule has 1 aliphatic rings. The SMILES string of the molecule is CCOc1ccc(N2C(=O)/C(=C\c3cccc(F)c3)S(=O)(=O)[C@@H]2c2cccc([N+](=O)[O-])c2)cc1.